The lowest BCUT2D eigenvalue weighted by molar-refractivity contribution is -0.109. The smallest absolute Gasteiger partial charge is 0.185 e. The Morgan fingerprint density at radius 2 is 2.06 bits per heavy atom. The van der Waals surface area contributed by atoms with Gasteiger partial charge in [-0.2, -0.15) is 0 Å². The molecule has 0 N–H and O–H groups in total. The number of hydrogen-bond acceptors (Lipinski definition) is 3. The van der Waals surface area contributed by atoms with Crippen molar-refractivity contribution < 1.29 is 9.53 Å². The molecule has 0 saturated heterocycles. The van der Waals surface area contributed by atoms with Crippen LogP contribution >= 0.6 is 11.8 Å². The number of carbonyl (C=O) groups is 1. The van der Waals surface area contributed by atoms with E-state index in [2.05, 4.69) is 11.8 Å². The first kappa shape index (κ1) is 14.7. The second-order valence-corrected chi connectivity index (χ2v) is 5.30. The third-order valence-electron chi connectivity index (χ3n) is 2.50. The molecular formula is C15H18O2S. The fraction of sp³-hybridized carbons (Fsp3) is 0.400. The largest absolute Gasteiger partial charge is 0.496 e. The summed E-state index contributed by atoms with van der Waals surface area (Å²) in [5.41, 5.74) is 3.23. The van der Waals surface area contributed by atoms with Gasteiger partial charge in [-0.25, -0.2) is 0 Å². The van der Waals surface area contributed by atoms with E-state index >= 15 is 0 Å². The molecule has 0 aromatic heterocycles. The van der Waals surface area contributed by atoms with Gasteiger partial charge in [0.05, 0.1) is 7.11 Å². The van der Waals surface area contributed by atoms with Crippen LogP contribution in [0.1, 0.15) is 30.0 Å². The second-order valence-electron chi connectivity index (χ2n) is 4.03. The summed E-state index contributed by atoms with van der Waals surface area (Å²) in [5, 5.41) is 0.147. The summed E-state index contributed by atoms with van der Waals surface area (Å²) in [7, 11) is 1.67. The molecule has 0 bridgehead atoms. The maximum Gasteiger partial charge on any atom is 0.185 e. The zero-order valence-corrected chi connectivity index (χ0v) is 12.1. The first-order valence-electron chi connectivity index (χ1n) is 5.82. The van der Waals surface area contributed by atoms with Gasteiger partial charge >= 0.3 is 0 Å². The molecule has 1 aromatic rings. The van der Waals surface area contributed by atoms with E-state index < -0.39 is 0 Å². The predicted molar refractivity (Wildman–Crippen MR) is 77.1 cm³/mol. The van der Waals surface area contributed by atoms with Gasteiger partial charge in [-0.05, 0) is 37.1 Å². The van der Waals surface area contributed by atoms with Crippen LogP contribution in [0.3, 0.4) is 0 Å². The topological polar surface area (TPSA) is 26.3 Å². The van der Waals surface area contributed by atoms with E-state index in [9.17, 15) is 4.79 Å². The number of rotatable bonds is 3. The fourth-order valence-corrected chi connectivity index (χ4v) is 2.04. The number of carbonyl (C=O) groups excluding carboxylic acids is 1. The van der Waals surface area contributed by atoms with Gasteiger partial charge in [0.2, 0.25) is 0 Å². The van der Waals surface area contributed by atoms with E-state index in [4.69, 9.17) is 4.74 Å². The first-order valence-corrected chi connectivity index (χ1v) is 6.80. The van der Waals surface area contributed by atoms with Gasteiger partial charge in [0.15, 0.2) is 5.12 Å². The quantitative estimate of drug-likeness (QED) is 0.617. The average Bonchev–Trinajstić information content (AvgIpc) is 2.32. The summed E-state index contributed by atoms with van der Waals surface area (Å²) in [6.07, 6.45) is 0.731. The number of thioether (sulfide) groups is 1. The van der Waals surface area contributed by atoms with Crippen LogP contribution in [-0.2, 0) is 4.79 Å². The zero-order valence-electron chi connectivity index (χ0n) is 11.3. The van der Waals surface area contributed by atoms with E-state index in [0.29, 0.717) is 0 Å². The molecule has 0 fully saturated rings. The van der Waals surface area contributed by atoms with Gasteiger partial charge in [-0.1, -0.05) is 23.6 Å². The Morgan fingerprint density at radius 3 is 2.67 bits per heavy atom. The van der Waals surface area contributed by atoms with Crippen LogP contribution in [0.2, 0.25) is 0 Å². The lowest BCUT2D eigenvalue weighted by Crippen LogP contribution is -1.91. The van der Waals surface area contributed by atoms with Gasteiger partial charge in [0.1, 0.15) is 5.75 Å². The molecule has 2 nitrogen and oxygen atoms in total. The minimum Gasteiger partial charge on any atom is -0.496 e. The number of aryl methyl sites for hydroxylation is 2. The van der Waals surface area contributed by atoms with Gasteiger partial charge in [-0.3, -0.25) is 4.79 Å². The third-order valence-corrected chi connectivity index (χ3v) is 3.31. The molecule has 1 rings (SSSR count). The van der Waals surface area contributed by atoms with Crippen molar-refractivity contribution in [3.8, 4) is 17.6 Å². The Morgan fingerprint density at radius 1 is 1.33 bits per heavy atom. The van der Waals surface area contributed by atoms with E-state index in [-0.39, 0.29) is 5.12 Å². The zero-order chi connectivity index (χ0) is 13.5. The molecule has 0 spiro atoms. The first-order chi connectivity index (χ1) is 8.54. The Kier molecular flexibility index (Phi) is 5.80. The van der Waals surface area contributed by atoms with Crippen molar-refractivity contribution in [2.24, 2.45) is 0 Å². The standard InChI is InChI=1S/C15H18O2S/c1-11-10-15(17-4)12(2)9-14(11)7-5-6-8-18-13(3)16/h9-10H,6,8H2,1-4H3. The van der Waals surface area contributed by atoms with Crippen molar-refractivity contribution in [2.45, 2.75) is 27.2 Å². The summed E-state index contributed by atoms with van der Waals surface area (Å²) in [4.78, 5) is 10.7. The van der Waals surface area contributed by atoms with Crippen LogP contribution in [0.5, 0.6) is 5.75 Å². The maximum absolute atomic E-state index is 10.7. The van der Waals surface area contributed by atoms with Gasteiger partial charge in [0, 0.05) is 24.7 Å². The van der Waals surface area contributed by atoms with Gasteiger partial charge < -0.3 is 4.74 Å². The number of methoxy groups -OCH3 is 1. The minimum absolute atomic E-state index is 0.147. The molecule has 0 saturated carbocycles. The number of ether oxygens (including phenoxy) is 1. The monoisotopic (exact) mass is 262 g/mol. The molecule has 0 radical (unpaired) electrons. The predicted octanol–water partition coefficient (Wildman–Crippen LogP) is 3.33. The van der Waals surface area contributed by atoms with Crippen LogP contribution in [0.4, 0.5) is 0 Å². The SMILES string of the molecule is COc1cc(C)c(C#CCCSC(C)=O)cc1C. The summed E-state index contributed by atoms with van der Waals surface area (Å²) in [6.45, 7) is 5.61. The third kappa shape index (κ3) is 4.46. The van der Waals surface area contributed by atoms with E-state index in [0.717, 1.165) is 34.6 Å². The summed E-state index contributed by atoms with van der Waals surface area (Å²) < 4.78 is 5.26. The van der Waals surface area contributed by atoms with Crippen molar-refractivity contribution in [3.05, 3.63) is 28.8 Å². The van der Waals surface area contributed by atoms with Crippen molar-refractivity contribution in [3.63, 3.8) is 0 Å². The van der Waals surface area contributed by atoms with Crippen LogP contribution < -0.4 is 4.74 Å². The van der Waals surface area contributed by atoms with Crippen LogP contribution in [0.15, 0.2) is 12.1 Å². The molecule has 96 valence electrons. The van der Waals surface area contributed by atoms with Gasteiger partial charge in [0.25, 0.3) is 0 Å². The van der Waals surface area contributed by atoms with E-state index in [1.54, 1.807) is 14.0 Å². The summed E-state index contributed by atoms with van der Waals surface area (Å²) in [5.74, 6) is 7.90. The lowest BCUT2D eigenvalue weighted by Gasteiger charge is -2.07. The Balaban J connectivity index is 2.70. The number of benzene rings is 1. The van der Waals surface area contributed by atoms with Crippen molar-refractivity contribution in [2.75, 3.05) is 12.9 Å². The minimum atomic E-state index is 0.147. The van der Waals surface area contributed by atoms with E-state index in [1.165, 1.54) is 11.8 Å². The molecule has 0 unspecified atom stereocenters. The highest BCUT2D eigenvalue weighted by Crippen LogP contribution is 2.21. The van der Waals surface area contributed by atoms with Crippen molar-refractivity contribution >= 4 is 16.9 Å². The van der Waals surface area contributed by atoms with E-state index in [1.807, 2.05) is 26.0 Å². The molecule has 0 aliphatic heterocycles. The highest BCUT2D eigenvalue weighted by Gasteiger charge is 2.02. The molecule has 0 heterocycles. The van der Waals surface area contributed by atoms with Crippen LogP contribution in [0, 0.1) is 25.7 Å². The normalized spacial score (nSPS) is 9.56. The lowest BCUT2D eigenvalue weighted by atomic mass is 10.0. The van der Waals surface area contributed by atoms with Gasteiger partial charge in [-0.15, -0.1) is 0 Å². The number of hydrogen-bond donors (Lipinski definition) is 0. The van der Waals surface area contributed by atoms with Crippen LogP contribution in [-0.4, -0.2) is 18.0 Å². The maximum atomic E-state index is 10.7. The Hall–Kier alpha value is -1.40. The highest BCUT2D eigenvalue weighted by atomic mass is 32.2. The molecule has 18 heavy (non-hydrogen) atoms. The molecule has 3 heteroatoms. The second kappa shape index (κ2) is 7.13. The van der Waals surface area contributed by atoms with Crippen molar-refractivity contribution in [1.82, 2.24) is 0 Å². The van der Waals surface area contributed by atoms with Crippen molar-refractivity contribution in [1.29, 1.82) is 0 Å². The Labute approximate surface area is 113 Å². The van der Waals surface area contributed by atoms with Crippen LogP contribution in [0.25, 0.3) is 0 Å². The molecule has 0 aliphatic rings. The molecular weight excluding hydrogens is 244 g/mol. The molecule has 0 atom stereocenters. The summed E-state index contributed by atoms with van der Waals surface area (Å²) in [6, 6.07) is 4.04. The molecule has 1 aromatic carbocycles. The molecule has 0 amide bonds. The molecule has 0 aliphatic carbocycles. The fourth-order valence-electron chi connectivity index (χ4n) is 1.55. The Bertz CT molecular complexity index is 495. The summed E-state index contributed by atoms with van der Waals surface area (Å²) >= 11 is 1.32. The average molecular weight is 262 g/mol. The highest BCUT2D eigenvalue weighted by molar-refractivity contribution is 8.13.